The molecule has 0 aliphatic heterocycles. The third kappa shape index (κ3) is 4.79. The lowest BCUT2D eigenvalue weighted by Gasteiger charge is -2.20. The van der Waals surface area contributed by atoms with Crippen LogP contribution in [-0.4, -0.2) is 24.5 Å². The zero-order valence-corrected chi connectivity index (χ0v) is 14.2. The van der Waals surface area contributed by atoms with E-state index < -0.39 is 8.32 Å². The summed E-state index contributed by atoms with van der Waals surface area (Å²) in [5.41, 5.74) is 2.90. The van der Waals surface area contributed by atoms with Gasteiger partial charge in [-0.1, -0.05) is 6.07 Å². The van der Waals surface area contributed by atoms with Crippen molar-refractivity contribution in [3.63, 3.8) is 0 Å². The SMILES string of the molecule is Cc1ccc(N=Cc2nccc(C)n2)c(O[Si](C)(C)C)c1. The molecule has 1 aromatic carbocycles. The van der Waals surface area contributed by atoms with E-state index >= 15 is 0 Å². The summed E-state index contributed by atoms with van der Waals surface area (Å²) in [5, 5.41) is 0. The molecule has 1 heterocycles. The Balaban J connectivity index is 2.31. The molecule has 0 aliphatic rings. The van der Waals surface area contributed by atoms with Gasteiger partial charge >= 0.3 is 0 Å². The van der Waals surface area contributed by atoms with Gasteiger partial charge in [-0.25, -0.2) is 15.0 Å². The molecule has 0 amide bonds. The number of aromatic nitrogens is 2. The van der Waals surface area contributed by atoms with Gasteiger partial charge in [-0.3, -0.25) is 0 Å². The molecular weight excluding hydrogens is 278 g/mol. The van der Waals surface area contributed by atoms with E-state index in [1.54, 1.807) is 12.4 Å². The average molecular weight is 299 g/mol. The lowest BCUT2D eigenvalue weighted by molar-refractivity contribution is 0.558. The maximum absolute atomic E-state index is 6.11. The Morgan fingerprint density at radius 3 is 2.57 bits per heavy atom. The molecule has 0 radical (unpaired) electrons. The van der Waals surface area contributed by atoms with Crippen LogP contribution in [0.5, 0.6) is 5.75 Å². The number of hydrogen-bond donors (Lipinski definition) is 0. The van der Waals surface area contributed by atoms with Crippen LogP contribution in [0.2, 0.25) is 19.6 Å². The van der Waals surface area contributed by atoms with Gasteiger partial charge in [0.15, 0.2) is 5.82 Å². The molecule has 5 heteroatoms. The fourth-order valence-electron chi connectivity index (χ4n) is 1.80. The predicted molar refractivity (Wildman–Crippen MR) is 89.2 cm³/mol. The quantitative estimate of drug-likeness (QED) is 0.632. The minimum atomic E-state index is -1.67. The number of nitrogens with zero attached hydrogens (tertiary/aromatic N) is 3. The summed E-state index contributed by atoms with van der Waals surface area (Å²) in [6.07, 6.45) is 3.41. The van der Waals surface area contributed by atoms with Gasteiger partial charge in [0.2, 0.25) is 8.32 Å². The highest BCUT2D eigenvalue weighted by atomic mass is 28.4. The van der Waals surface area contributed by atoms with Crippen LogP contribution in [0.1, 0.15) is 17.1 Å². The largest absolute Gasteiger partial charge is 0.543 e. The molecule has 110 valence electrons. The van der Waals surface area contributed by atoms with Gasteiger partial charge in [0.25, 0.3) is 0 Å². The third-order valence-corrected chi connectivity index (χ3v) is 3.50. The monoisotopic (exact) mass is 299 g/mol. The molecule has 0 fully saturated rings. The van der Waals surface area contributed by atoms with E-state index in [0.717, 1.165) is 22.7 Å². The van der Waals surface area contributed by atoms with Gasteiger partial charge in [-0.2, -0.15) is 0 Å². The van der Waals surface area contributed by atoms with Crippen molar-refractivity contribution in [1.82, 2.24) is 9.97 Å². The molecule has 21 heavy (non-hydrogen) atoms. The minimum absolute atomic E-state index is 0.606. The first-order valence-electron chi connectivity index (χ1n) is 6.97. The van der Waals surface area contributed by atoms with Crippen LogP contribution in [0.4, 0.5) is 5.69 Å². The van der Waals surface area contributed by atoms with Crippen molar-refractivity contribution in [1.29, 1.82) is 0 Å². The molecular formula is C16H21N3OSi. The van der Waals surface area contributed by atoms with Crippen LogP contribution in [0.15, 0.2) is 35.5 Å². The van der Waals surface area contributed by atoms with Crippen LogP contribution < -0.4 is 4.43 Å². The van der Waals surface area contributed by atoms with Gasteiger partial charge in [0.05, 0.1) is 6.21 Å². The Kier molecular flexibility index (Phi) is 4.52. The number of aryl methyl sites for hydroxylation is 2. The second kappa shape index (κ2) is 6.18. The summed E-state index contributed by atoms with van der Waals surface area (Å²) < 4.78 is 6.11. The third-order valence-electron chi connectivity index (χ3n) is 2.66. The lowest BCUT2D eigenvalue weighted by atomic mass is 10.2. The molecule has 0 N–H and O–H groups in total. The van der Waals surface area contributed by atoms with Gasteiger partial charge in [0.1, 0.15) is 11.4 Å². The first kappa shape index (κ1) is 15.4. The van der Waals surface area contributed by atoms with Crippen LogP contribution in [0.3, 0.4) is 0 Å². The Hall–Kier alpha value is -2.01. The summed E-state index contributed by atoms with van der Waals surface area (Å²) >= 11 is 0. The van der Waals surface area contributed by atoms with E-state index in [4.69, 9.17) is 4.43 Å². The summed E-state index contributed by atoms with van der Waals surface area (Å²) in [6, 6.07) is 7.89. The fourth-order valence-corrected chi connectivity index (χ4v) is 2.62. The molecule has 0 bridgehead atoms. The number of aliphatic imine (C=N–C) groups is 1. The first-order valence-corrected chi connectivity index (χ1v) is 10.4. The molecule has 1 aromatic heterocycles. The first-order chi connectivity index (χ1) is 9.83. The topological polar surface area (TPSA) is 47.4 Å². The second-order valence-electron chi connectivity index (χ2n) is 6.00. The van der Waals surface area contributed by atoms with E-state index in [2.05, 4.69) is 34.6 Å². The van der Waals surface area contributed by atoms with Gasteiger partial charge in [-0.15, -0.1) is 0 Å². The zero-order chi connectivity index (χ0) is 15.5. The van der Waals surface area contributed by atoms with Crippen LogP contribution >= 0.6 is 0 Å². The van der Waals surface area contributed by atoms with Crippen molar-refractivity contribution in [2.45, 2.75) is 33.5 Å². The summed E-state index contributed by atoms with van der Waals surface area (Å²) in [6.45, 7) is 10.5. The Bertz CT molecular complexity index is 663. The summed E-state index contributed by atoms with van der Waals surface area (Å²) in [7, 11) is -1.67. The van der Waals surface area contributed by atoms with E-state index in [1.807, 2.05) is 38.1 Å². The standard InChI is InChI=1S/C16H21N3OSi/c1-12-6-7-14(15(10-12)20-21(3,4)5)18-11-16-17-9-8-13(2)19-16/h6-11H,1-5H3. The zero-order valence-electron chi connectivity index (χ0n) is 13.2. The van der Waals surface area contributed by atoms with E-state index in [0.29, 0.717) is 5.82 Å². The van der Waals surface area contributed by atoms with Gasteiger partial charge < -0.3 is 4.43 Å². The maximum atomic E-state index is 6.11. The molecule has 4 nitrogen and oxygen atoms in total. The molecule has 0 saturated carbocycles. The van der Waals surface area contributed by atoms with Crippen LogP contribution in [0, 0.1) is 13.8 Å². The fraction of sp³-hybridized carbons (Fsp3) is 0.312. The maximum Gasteiger partial charge on any atom is 0.242 e. The predicted octanol–water partition coefficient (Wildman–Crippen LogP) is 4.06. The molecule has 0 atom stereocenters. The van der Waals surface area contributed by atoms with E-state index in [1.165, 1.54) is 0 Å². The molecule has 0 saturated heterocycles. The van der Waals surface area contributed by atoms with E-state index in [-0.39, 0.29) is 0 Å². The van der Waals surface area contributed by atoms with Crippen molar-refractivity contribution < 1.29 is 4.43 Å². The lowest BCUT2D eigenvalue weighted by Crippen LogP contribution is -2.29. The van der Waals surface area contributed by atoms with Crippen LogP contribution in [-0.2, 0) is 0 Å². The summed E-state index contributed by atoms with van der Waals surface area (Å²) in [4.78, 5) is 13.0. The molecule has 2 rings (SSSR count). The minimum Gasteiger partial charge on any atom is -0.543 e. The normalized spacial score (nSPS) is 11.9. The molecule has 0 spiro atoms. The van der Waals surface area contributed by atoms with Crippen molar-refractivity contribution in [2.24, 2.45) is 4.99 Å². The van der Waals surface area contributed by atoms with Gasteiger partial charge in [0, 0.05) is 11.9 Å². The number of hydrogen-bond acceptors (Lipinski definition) is 4. The second-order valence-corrected chi connectivity index (χ2v) is 10.4. The highest BCUT2D eigenvalue weighted by Gasteiger charge is 2.18. The van der Waals surface area contributed by atoms with Crippen molar-refractivity contribution in [3.05, 3.63) is 47.5 Å². The van der Waals surface area contributed by atoms with Crippen LogP contribution in [0.25, 0.3) is 0 Å². The van der Waals surface area contributed by atoms with Gasteiger partial charge in [-0.05, 0) is 57.3 Å². The van der Waals surface area contributed by atoms with Crippen molar-refractivity contribution in [2.75, 3.05) is 0 Å². The number of benzene rings is 1. The molecule has 2 aromatic rings. The highest BCUT2D eigenvalue weighted by molar-refractivity contribution is 6.70. The Morgan fingerprint density at radius 2 is 1.90 bits per heavy atom. The smallest absolute Gasteiger partial charge is 0.242 e. The summed E-state index contributed by atoms with van der Waals surface area (Å²) in [5.74, 6) is 1.44. The Morgan fingerprint density at radius 1 is 1.14 bits per heavy atom. The highest BCUT2D eigenvalue weighted by Crippen LogP contribution is 2.30. The number of rotatable bonds is 4. The van der Waals surface area contributed by atoms with Crippen molar-refractivity contribution in [3.8, 4) is 5.75 Å². The molecule has 0 aliphatic carbocycles. The Labute approximate surface area is 127 Å². The average Bonchev–Trinajstić information content (AvgIpc) is 2.36. The van der Waals surface area contributed by atoms with Crippen molar-refractivity contribution >= 4 is 20.2 Å². The molecule has 0 unspecified atom stereocenters. The van der Waals surface area contributed by atoms with E-state index in [9.17, 15) is 0 Å².